The Morgan fingerprint density at radius 3 is 2.50 bits per heavy atom. The summed E-state index contributed by atoms with van der Waals surface area (Å²) in [7, 11) is 1.36. The van der Waals surface area contributed by atoms with Crippen LogP contribution in [-0.2, 0) is 6.18 Å². The molecular formula is C17H12ClF3N4O. The molecule has 1 heterocycles. The highest BCUT2D eigenvalue weighted by molar-refractivity contribution is 6.30. The van der Waals surface area contributed by atoms with Gasteiger partial charge in [0.25, 0.3) is 5.91 Å². The second kappa shape index (κ2) is 6.80. The normalized spacial score (nSPS) is 11.4. The molecule has 5 nitrogen and oxygen atoms in total. The Hall–Kier alpha value is -2.87. The molecule has 0 fully saturated rings. The van der Waals surface area contributed by atoms with Gasteiger partial charge in [0, 0.05) is 17.8 Å². The van der Waals surface area contributed by atoms with E-state index < -0.39 is 17.6 Å². The average Bonchev–Trinajstić information content (AvgIpc) is 3.10. The molecule has 1 amide bonds. The molecule has 3 aromatic rings. The Balaban J connectivity index is 1.84. The van der Waals surface area contributed by atoms with E-state index in [0.29, 0.717) is 10.7 Å². The van der Waals surface area contributed by atoms with Gasteiger partial charge in [-0.05, 0) is 42.5 Å². The standard InChI is InChI=1S/C17H12ClF3N4O/c1-24(14-4-2-3-11(9-14)17(19,20)21)16(26)15-22-10-25(23-15)13-7-5-12(18)6-8-13/h2-10H,1H3. The Kier molecular flexibility index (Phi) is 4.69. The monoisotopic (exact) mass is 380 g/mol. The van der Waals surface area contributed by atoms with Crippen LogP contribution in [0.4, 0.5) is 18.9 Å². The molecule has 1 aromatic heterocycles. The molecule has 0 aliphatic carbocycles. The number of aromatic nitrogens is 3. The van der Waals surface area contributed by atoms with Crippen molar-refractivity contribution >= 4 is 23.2 Å². The lowest BCUT2D eigenvalue weighted by molar-refractivity contribution is -0.137. The minimum absolute atomic E-state index is 0.0904. The summed E-state index contributed by atoms with van der Waals surface area (Å²) in [6.45, 7) is 0. The quantitative estimate of drug-likeness (QED) is 0.683. The maximum Gasteiger partial charge on any atom is 0.416 e. The molecule has 0 aliphatic heterocycles. The molecule has 3 rings (SSSR count). The van der Waals surface area contributed by atoms with Crippen LogP contribution in [0, 0.1) is 0 Å². The Labute approximate surface area is 151 Å². The number of carbonyl (C=O) groups excluding carboxylic acids is 1. The van der Waals surface area contributed by atoms with Crippen LogP contribution < -0.4 is 4.90 Å². The first kappa shape index (κ1) is 17.9. The fraction of sp³-hybridized carbons (Fsp3) is 0.118. The zero-order chi connectivity index (χ0) is 18.9. The lowest BCUT2D eigenvalue weighted by Crippen LogP contribution is -2.27. The first-order chi connectivity index (χ1) is 12.3. The van der Waals surface area contributed by atoms with Crippen molar-refractivity contribution in [3.05, 3.63) is 71.3 Å². The molecular weight excluding hydrogens is 369 g/mol. The summed E-state index contributed by atoms with van der Waals surface area (Å²) in [5, 5.41) is 4.63. The van der Waals surface area contributed by atoms with Gasteiger partial charge in [0.2, 0.25) is 5.82 Å². The maximum absolute atomic E-state index is 12.8. The molecule has 0 saturated carbocycles. The Bertz CT molecular complexity index is 938. The van der Waals surface area contributed by atoms with E-state index in [4.69, 9.17) is 11.6 Å². The van der Waals surface area contributed by atoms with Crippen molar-refractivity contribution < 1.29 is 18.0 Å². The summed E-state index contributed by atoms with van der Waals surface area (Å²) in [5.41, 5.74) is -0.107. The van der Waals surface area contributed by atoms with Crippen LogP contribution in [0.2, 0.25) is 5.02 Å². The number of anilines is 1. The lowest BCUT2D eigenvalue weighted by atomic mass is 10.2. The van der Waals surface area contributed by atoms with Crippen molar-refractivity contribution in [2.45, 2.75) is 6.18 Å². The molecule has 0 N–H and O–H groups in total. The van der Waals surface area contributed by atoms with E-state index in [0.717, 1.165) is 17.0 Å². The molecule has 0 atom stereocenters. The fourth-order valence-corrected chi connectivity index (χ4v) is 2.36. The number of rotatable bonds is 3. The minimum atomic E-state index is -4.49. The fourth-order valence-electron chi connectivity index (χ4n) is 2.24. The highest BCUT2D eigenvalue weighted by Gasteiger charge is 2.31. The van der Waals surface area contributed by atoms with E-state index in [1.807, 2.05) is 0 Å². The Morgan fingerprint density at radius 2 is 1.85 bits per heavy atom. The van der Waals surface area contributed by atoms with Crippen LogP contribution in [0.25, 0.3) is 5.69 Å². The number of carbonyl (C=O) groups is 1. The molecule has 0 spiro atoms. The summed E-state index contributed by atoms with van der Waals surface area (Å²) in [5.74, 6) is -0.767. The summed E-state index contributed by atoms with van der Waals surface area (Å²) >= 11 is 5.82. The second-order valence-corrected chi connectivity index (χ2v) is 5.84. The van der Waals surface area contributed by atoms with E-state index in [1.165, 1.54) is 30.2 Å². The molecule has 0 unspecified atom stereocenters. The summed E-state index contributed by atoms with van der Waals surface area (Å²) in [6.07, 6.45) is -3.15. The van der Waals surface area contributed by atoms with E-state index in [-0.39, 0.29) is 11.5 Å². The molecule has 26 heavy (non-hydrogen) atoms. The number of halogens is 4. The van der Waals surface area contributed by atoms with Crippen LogP contribution in [-0.4, -0.2) is 27.7 Å². The van der Waals surface area contributed by atoms with Gasteiger partial charge in [-0.1, -0.05) is 17.7 Å². The van der Waals surface area contributed by atoms with Crippen molar-refractivity contribution in [3.8, 4) is 5.69 Å². The van der Waals surface area contributed by atoms with Crippen molar-refractivity contribution in [1.29, 1.82) is 0 Å². The summed E-state index contributed by atoms with van der Waals surface area (Å²) in [4.78, 5) is 17.5. The minimum Gasteiger partial charge on any atom is -0.309 e. The third-order valence-electron chi connectivity index (χ3n) is 3.64. The van der Waals surface area contributed by atoms with Gasteiger partial charge in [-0.15, -0.1) is 5.10 Å². The number of hydrogen-bond acceptors (Lipinski definition) is 3. The number of nitrogens with zero attached hydrogens (tertiary/aromatic N) is 4. The zero-order valence-electron chi connectivity index (χ0n) is 13.4. The topological polar surface area (TPSA) is 51.0 Å². The van der Waals surface area contributed by atoms with Crippen LogP contribution >= 0.6 is 11.6 Å². The predicted octanol–water partition coefficient (Wildman–Crippen LogP) is 4.22. The smallest absolute Gasteiger partial charge is 0.309 e. The highest BCUT2D eigenvalue weighted by atomic mass is 35.5. The van der Waals surface area contributed by atoms with E-state index >= 15 is 0 Å². The van der Waals surface area contributed by atoms with Gasteiger partial charge in [0.05, 0.1) is 11.3 Å². The number of alkyl halides is 3. The average molecular weight is 381 g/mol. The lowest BCUT2D eigenvalue weighted by Gasteiger charge is -2.17. The first-order valence-corrected chi connectivity index (χ1v) is 7.76. The highest BCUT2D eigenvalue weighted by Crippen LogP contribution is 2.31. The van der Waals surface area contributed by atoms with Crippen LogP contribution in [0.15, 0.2) is 54.9 Å². The molecule has 0 radical (unpaired) electrons. The van der Waals surface area contributed by atoms with E-state index in [1.54, 1.807) is 24.3 Å². The zero-order valence-corrected chi connectivity index (χ0v) is 14.2. The molecule has 0 saturated heterocycles. The van der Waals surface area contributed by atoms with Gasteiger partial charge in [0.1, 0.15) is 6.33 Å². The molecule has 2 aromatic carbocycles. The number of hydrogen-bond donors (Lipinski definition) is 0. The molecule has 134 valence electrons. The van der Waals surface area contributed by atoms with Gasteiger partial charge in [-0.25, -0.2) is 9.67 Å². The van der Waals surface area contributed by atoms with Gasteiger partial charge < -0.3 is 4.90 Å². The SMILES string of the molecule is CN(C(=O)c1ncn(-c2ccc(Cl)cc2)n1)c1cccc(C(F)(F)F)c1. The summed E-state index contributed by atoms with van der Waals surface area (Å²) in [6, 6.07) is 11.2. The largest absolute Gasteiger partial charge is 0.416 e. The van der Waals surface area contributed by atoms with Crippen molar-refractivity contribution in [2.75, 3.05) is 11.9 Å². The third-order valence-corrected chi connectivity index (χ3v) is 3.89. The first-order valence-electron chi connectivity index (χ1n) is 7.38. The van der Waals surface area contributed by atoms with Crippen molar-refractivity contribution in [2.24, 2.45) is 0 Å². The summed E-state index contributed by atoms with van der Waals surface area (Å²) < 4.78 is 39.9. The number of amides is 1. The van der Waals surface area contributed by atoms with Gasteiger partial charge >= 0.3 is 6.18 Å². The van der Waals surface area contributed by atoms with Crippen LogP contribution in [0.5, 0.6) is 0 Å². The van der Waals surface area contributed by atoms with Crippen molar-refractivity contribution in [1.82, 2.24) is 14.8 Å². The predicted molar refractivity (Wildman–Crippen MR) is 90.5 cm³/mol. The van der Waals surface area contributed by atoms with Gasteiger partial charge in [0.15, 0.2) is 0 Å². The van der Waals surface area contributed by atoms with Gasteiger partial charge in [-0.3, -0.25) is 4.79 Å². The molecule has 9 heteroatoms. The third kappa shape index (κ3) is 3.70. The van der Waals surface area contributed by atoms with Gasteiger partial charge in [-0.2, -0.15) is 13.2 Å². The number of benzene rings is 2. The molecule has 0 aliphatic rings. The second-order valence-electron chi connectivity index (χ2n) is 5.40. The maximum atomic E-state index is 12.8. The van der Waals surface area contributed by atoms with E-state index in [9.17, 15) is 18.0 Å². The molecule has 0 bridgehead atoms. The van der Waals surface area contributed by atoms with E-state index in [2.05, 4.69) is 10.1 Å². The van der Waals surface area contributed by atoms with Crippen molar-refractivity contribution in [3.63, 3.8) is 0 Å². The van der Waals surface area contributed by atoms with Crippen LogP contribution in [0.3, 0.4) is 0 Å². The Morgan fingerprint density at radius 1 is 1.15 bits per heavy atom. The van der Waals surface area contributed by atoms with Crippen LogP contribution in [0.1, 0.15) is 16.2 Å².